The molecule has 0 bridgehead atoms. The zero-order valence-electron chi connectivity index (χ0n) is 10.7. The molecule has 2 N–H and O–H groups in total. The molecule has 1 saturated carbocycles. The van der Waals surface area contributed by atoms with E-state index in [2.05, 4.69) is 0 Å². The van der Waals surface area contributed by atoms with Crippen molar-refractivity contribution in [3.8, 4) is 0 Å². The Morgan fingerprint density at radius 3 is 2.89 bits per heavy atom. The minimum atomic E-state index is -0.100. The third-order valence-corrected chi connectivity index (χ3v) is 3.58. The van der Waals surface area contributed by atoms with Crippen molar-refractivity contribution in [2.24, 2.45) is 5.92 Å². The summed E-state index contributed by atoms with van der Waals surface area (Å²) in [6.45, 7) is 0.584. The van der Waals surface area contributed by atoms with Gasteiger partial charge in [0, 0.05) is 12.1 Å². The molecular weight excluding hydrogens is 226 g/mol. The molecule has 3 heteroatoms. The number of esters is 1. The SMILES string of the molecule is Nc1cccc(CCC(=O)OCCC2CCC2)c1. The van der Waals surface area contributed by atoms with Crippen LogP contribution in [0.2, 0.25) is 0 Å². The van der Waals surface area contributed by atoms with Crippen molar-refractivity contribution in [2.75, 3.05) is 12.3 Å². The summed E-state index contributed by atoms with van der Waals surface area (Å²) in [7, 11) is 0. The van der Waals surface area contributed by atoms with E-state index in [1.165, 1.54) is 19.3 Å². The standard InChI is InChI=1S/C15H21NO2/c16-14-6-2-5-13(11-14)7-8-15(17)18-10-9-12-3-1-4-12/h2,5-6,11-12H,1,3-4,7-10,16H2. The molecule has 0 spiro atoms. The van der Waals surface area contributed by atoms with Crippen molar-refractivity contribution >= 4 is 11.7 Å². The maximum Gasteiger partial charge on any atom is 0.306 e. The molecule has 0 amide bonds. The Bertz CT molecular complexity index is 399. The number of carbonyl (C=O) groups excluding carboxylic acids is 1. The van der Waals surface area contributed by atoms with Gasteiger partial charge in [-0.05, 0) is 36.5 Å². The van der Waals surface area contributed by atoms with Crippen LogP contribution >= 0.6 is 0 Å². The van der Waals surface area contributed by atoms with Crippen LogP contribution in [-0.2, 0) is 16.0 Å². The van der Waals surface area contributed by atoms with Crippen LogP contribution in [0, 0.1) is 5.92 Å². The van der Waals surface area contributed by atoms with E-state index in [0.29, 0.717) is 19.4 Å². The first-order valence-electron chi connectivity index (χ1n) is 6.74. The third kappa shape index (κ3) is 4.06. The monoisotopic (exact) mass is 247 g/mol. The summed E-state index contributed by atoms with van der Waals surface area (Å²) in [6, 6.07) is 7.65. The van der Waals surface area contributed by atoms with E-state index < -0.39 is 0 Å². The van der Waals surface area contributed by atoms with Gasteiger partial charge in [-0.15, -0.1) is 0 Å². The van der Waals surface area contributed by atoms with E-state index in [1.54, 1.807) is 0 Å². The van der Waals surface area contributed by atoms with Crippen LogP contribution in [-0.4, -0.2) is 12.6 Å². The highest BCUT2D eigenvalue weighted by Crippen LogP contribution is 2.29. The molecule has 0 saturated heterocycles. The van der Waals surface area contributed by atoms with Crippen LogP contribution < -0.4 is 5.73 Å². The topological polar surface area (TPSA) is 52.3 Å². The lowest BCUT2D eigenvalue weighted by molar-refractivity contribution is -0.144. The van der Waals surface area contributed by atoms with Gasteiger partial charge in [0.15, 0.2) is 0 Å². The number of nitrogens with two attached hydrogens (primary N) is 1. The molecule has 1 aromatic carbocycles. The quantitative estimate of drug-likeness (QED) is 0.621. The van der Waals surface area contributed by atoms with Gasteiger partial charge >= 0.3 is 5.97 Å². The number of rotatable bonds is 6. The smallest absolute Gasteiger partial charge is 0.306 e. The lowest BCUT2D eigenvalue weighted by Gasteiger charge is -2.24. The molecule has 98 valence electrons. The van der Waals surface area contributed by atoms with Gasteiger partial charge in [-0.25, -0.2) is 0 Å². The Morgan fingerprint density at radius 1 is 1.39 bits per heavy atom. The van der Waals surface area contributed by atoms with E-state index in [4.69, 9.17) is 10.5 Å². The molecule has 3 nitrogen and oxygen atoms in total. The predicted molar refractivity (Wildman–Crippen MR) is 72.1 cm³/mol. The summed E-state index contributed by atoms with van der Waals surface area (Å²) < 4.78 is 5.23. The molecule has 0 radical (unpaired) electrons. The molecule has 0 heterocycles. The fourth-order valence-electron chi connectivity index (χ4n) is 2.19. The lowest BCUT2D eigenvalue weighted by atomic mass is 9.83. The first kappa shape index (κ1) is 12.9. The normalized spacial score (nSPS) is 15.1. The number of nitrogen functional groups attached to an aromatic ring is 1. The number of hydrogen-bond acceptors (Lipinski definition) is 3. The zero-order chi connectivity index (χ0) is 12.8. The minimum absolute atomic E-state index is 0.100. The molecule has 0 unspecified atom stereocenters. The predicted octanol–water partition coefficient (Wildman–Crippen LogP) is 2.93. The van der Waals surface area contributed by atoms with Crippen LogP contribution in [0.3, 0.4) is 0 Å². The van der Waals surface area contributed by atoms with Gasteiger partial charge in [0.05, 0.1) is 6.61 Å². The molecule has 18 heavy (non-hydrogen) atoms. The summed E-state index contributed by atoms with van der Waals surface area (Å²) in [4.78, 5) is 11.5. The van der Waals surface area contributed by atoms with Gasteiger partial charge in [-0.3, -0.25) is 4.79 Å². The number of ether oxygens (including phenoxy) is 1. The molecular formula is C15H21NO2. The number of benzene rings is 1. The minimum Gasteiger partial charge on any atom is -0.466 e. The maximum atomic E-state index is 11.5. The maximum absolute atomic E-state index is 11.5. The van der Waals surface area contributed by atoms with Crippen LogP contribution in [0.1, 0.15) is 37.7 Å². The molecule has 1 aliphatic carbocycles. The van der Waals surface area contributed by atoms with Gasteiger partial charge in [0.1, 0.15) is 0 Å². The van der Waals surface area contributed by atoms with E-state index in [0.717, 1.165) is 23.6 Å². The van der Waals surface area contributed by atoms with Crippen molar-refractivity contribution in [2.45, 2.75) is 38.5 Å². The molecule has 0 aliphatic heterocycles. The second-order valence-corrected chi connectivity index (χ2v) is 5.05. The van der Waals surface area contributed by atoms with E-state index in [-0.39, 0.29) is 5.97 Å². The van der Waals surface area contributed by atoms with Gasteiger partial charge in [0.2, 0.25) is 0 Å². The highest BCUT2D eigenvalue weighted by atomic mass is 16.5. The highest BCUT2D eigenvalue weighted by Gasteiger charge is 2.17. The molecule has 0 aromatic heterocycles. The summed E-state index contributed by atoms with van der Waals surface area (Å²) in [6.07, 6.45) is 6.13. The Balaban J connectivity index is 1.61. The molecule has 0 atom stereocenters. The number of aryl methyl sites for hydroxylation is 1. The molecule has 1 aromatic rings. The Hall–Kier alpha value is -1.51. The summed E-state index contributed by atoms with van der Waals surface area (Å²) in [5.74, 6) is 0.698. The van der Waals surface area contributed by atoms with Gasteiger partial charge < -0.3 is 10.5 Å². The van der Waals surface area contributed by atoms with Gasteiger partial charge in [-0.1, -0.05) is 31.4 Å². The molecule has 1 aliphatic rings. The Morgan fingerprint density at radius 2 is 2.22 bits per heavy atom. The van der Waals surface area contributed by atoms with Crippen molar-refractivity contribution < 1.29 is 9.53 Å². The lowest BCUT2D eigenvalue weighted by Crippen LogP contribution is -2.15. The van der Waals surface area contributed by atoms with E-state index >= 15 is 0 Å². The van der Waals surface area contributed by atoms with Crippen molar-refractivity contribution in [1.82, 2.24) is 0 Å². The van der Waals surface area contributed by atoms with E-state index in [9.17, 15) is 4.79 Å². The molecule has 1 fully saturated rings. The van der Waals surface area contributed by atoms with Crippen LogP contribution in [0.15, 0.2) is 24.3 Å². The van der Waals surface area contributed by atoms with Crippen LogP contribution in [0.4, 0.5) is 5.69 Å². The number of hydrogen-bond donors (Lipinski definition) is 1. The highest BCUT2D eigenvalue weighted by molar-refractivity contribution is 5.69. The summed E-state index contributed by atoms with van der Waals surface area (Å²) in [5, 5.41) is 0. The number of anilines is 1. The van der Waals surface area contributed by atoms with Gasteiger partial charge in [-0.2, -0.15) is 0 Å². The third-order valence-electron chi connectivity index (χ3n) is 3.58. The fraction of sp³-hybridized carbons (Fsp3) is 0.533. The fourth-order valence-corrected chi connectivity index (χ4v) is 2.19. The second kappa shape index (κ2) is 6.43. The largest absolute Gasteiger partial charge is 0.466 e. The van der Waals surface area contributed by atoms with Crippen LogP contribution in [0.5, 0.6) is 0 Å². The average molecular weight is 247 g/mol. The van der Waals surface area contributed by atoms with Crippen molar-refractivity contribution in [3.63, 3.8) is 0 Å². The zero-order valence-corrected chi connectivity index (χ0v) is 10.7. The number of carbonyl (C=O) groups is 1. The first-order valence-corrected chi connectivity index (χ1v) is 6.74. The van der Waals surface area contributed by atoms with Crippen molar-refractivity contribution in [1.29, 1.82) is 0 Å². The van der Waals surface area contributed by atoms with Gasteiger partial charge in [0.25, 0.3) is 0 Å². The van der Waals surface area contributed by atoms with E-state index in [1.807, 2.05) is 24.3 Å². The Labute approximate surface area is 108 Å². The Kier molecular flexibility index (Phi) is 4.62. The first-order chi connectivity index (χ1) is 8.74. The molecule has 2 rings (SSSR count). The average Bonchev–Trinajstić information content (AvgIpc) is 2.30. The summed E-state index contributed by atoms with van der Waals surface area (Å²) >= 11 is 0. The summed E-state index contributed by atoms with van der Waals surface area (Å²) in [5.41, 5.74) is 7.51. The van der Waals surface area contributed by atoms with Crippen LogP contribution in [0.25, 0.3) is 0 Å². The second-order valence-electron chi connectivity index (χ2n) is 5.05. The van der Waals surface area contributed by atoms with Crippen molar-refractivity contribution in [3.05, 3.63) is 29.8 Å².